The van der Waals surface area contributed by atoms with E-state index in [1.807, 2.05) is 0 Å². The minimum absolute atomic E-state index is 0.214. The lowest BCUT2D eigenvalue weighted by atomic mass is 10.2. The van der Waals surface area contributed by atoms with Gasteiger partial charge in [0.1, 0.15) is 5.82 Å². The van der Waals surface area contributed by atoms with Gasteiger partial charge < -0.3 is 4.90 Å². The zero-order chi connectivity index (χ0) is 13.7. The third-order valence-corrected chi connectivity index (χ3v) is 3.90. The highest BCUT2D eigenvalue weighted by atomic mass is 35.5. The van der Waals surface area contributed by atoms with E-state index >= 15 is 0 Å². The minimum Gasteiger partial charge on any atom is -0.301 e. The Kier molecular flexibility index (Phi) is 5.89. The number of alkyl halides is 1. The number of benzene rings is 1. The number of hydrogen-bond donors (Lipinski definition) is 0. The van der Waals surface area contributed by atoms with Crippen LogP contribution in [0, 0.1) is 5.82 Å². The summed E-state index contributed by atoms with van der Waals surface area (Å²) < 4.78 is 13.8. The van der Waals surface area contributed by atoms with Crippen molar-refractivity contribution in [2.75, 3.05) is 38.6 Å². The van der Waals surface area contributed by atoms with Crippen LogP contribution in [-0.2, 0) is 6.54 Å². The Balaban J connectivity index is 1.92. The molecule has 0 amide bonds. The summed E-state index contributed by atoms with van der Waals surface area (Å²) in [6.07, 6.45) is 1.10. The maximum absolute atomic E-state index is 13.8. The molecule has 1 aromatic rings. The van der Waals surface area contributed by atoms with Gasteiger partial charge in [-0.25, -0.2) is 4.39 Å². The first-order valence-corrected chi connectivity index (χ1v) is 7.55. The van der Waals surface area contributed by atoms with Crippen molar-refractivity contribution >= 4 is 23.2 Å². The Morgan fingerprint density at radius 2 is 1.84 bits per heavy atom. The second-order valence-corrected chi connectivity index (χ2v) is 5.71. The fourth-order valence-corrected chi connectivity index (χ4v) is 2.81. The number of nitrogens with zero attached hydrogens (tertiary/aromatic N) is 2. The molecule has 2 nitrogen and oxygen atoms in total. The van der Waals surface area contributed by atoms with E-state index in [0.717, 1.165) is 44.7 Å². The van der Waals surface area contributed by atoms with Crippen LogP contribution >= 0.6 is 23.2 Å². The van der Waals surface area contributed by atoms with Crippen molar-refractivity contribution in [2.45, 2.75) is 13.0 Å². The van der Waals surface area contributed by atoms with Gasteiger partial charge in [0.2, 0.25) is 0 Å². The predicted molar refractivity (Wildman–Crippen MR) is 78.5 cm³/mol. The molecule has 1 aliphatic rings. The van der Waals surface area contributed by atoms with E-state index in [0.29, 0.717) is 17.4 Å². The van der Waals surface area contributed by atoms with Gasteiger partial charge in [0.15, 0.2) is 0 Å². The summed E-state index contributed by atoms with van der Waals surface area (Å²) in [5, 5.41) is 0.449. The predicted octanol–water partition coefficient (Wildman–Crippen LogP) is 3.23. The highest BCUT2D eigenvalue weighted by Gasteiger charge is 2.15. The van der Waals surface area contributed by atoms with Gasteiger partial charge in [0.25, 0.3) is 0 Å². The smallest absolute Gasteiger partial charge is 0.129 e. The maximum Gasteiger partial charge on any atom is 0.129 e. The summed E-state index contributed by atoms with van der Waals surface area (Å²) >= 11 is 11.5. The van der Waals surface area contributed by atoms with Crippen LogP contribution in [0.5, 0.6) is 0 Å². The standard InChI is InChI=1S/C14H19Cl2FN2/c15-4-7-18-5-1-6-19(9-8-18)11-12-2-3-13(16)10-14(12)17/h2-3,10H,1,4-9,11H2. The molecule has 0 aliphatic carbocycles. The Hall–Kier alpha value is -0.350. The Labute approximate surface area is 124 Å². The fourth-order valence-electron chi connectivity index (χ4n) is 2.42. The van der Waals surface area contributed by atoms with Gasteiger partial charge in [0.05, 0.1) is 0 Å². The van der Waals surface area contributed by atoms with Crippen molar-refractivity contribution in [3.05, 3.63) is 34.6 Å². The van der Waals surface area contributed by atoms with Crippen molar-refractivity contribution in [3.8, 4) is 0 Å². The number of hydrogen-bond acceptors (Lipinski definition) is 2. The molecule has 0 N–H and O–H groups in total. The van der Waals surface area contributed by atoms with Crippen LogP contribution in [-0.4, -0.2) is 48.4 Å². The molecule has 106 valence electrons. The first kappa shape index (κ1) is 15.0. The van der Waals surface area contributed by atoms with Crippen LogP contribution in [0.1, 0.15) is 12.0 Å². The van der Waals surface area contributed by atoms with Gasteiger partial charge in [-0.3, -0.25) is 4.90 Å². The molecular weight excluding hydrogens is 286 g/mol. The lowest BCUT2D eigenvalue weighted by Crippen LogP contribution is -2.31. The van der Waals surface area contributed by atoms with E-state index in [1.165, 1.54) is 6.07 Å². The van der Waals surface area contributed by atoms with Gasteiger partial charge in [-0.05, 0) is 31.6 Å². The van der Waals surface area contributed by atoms with Gasteiger partial charge in [0, 0.05) is 42.6 Å². The third-order valence-electron chi connectivity index (χ3n) is 3.49. The van der Waals surface area contributed by atoms with Crippen LogP contribution in [0.25, 0.3) is 0 Å². The first-order chi connectivity index (χ1) is 9.19. The van der Waals surface area contributed by atoms with Crippen LogP contribution in [0.15, 0.2) is 18.2 Å². The fraction of sp³-hybridized carbons (Fsp3) is 0.571. The molecule has 19 heavy (non-hydrogen) atoms. The van der Waals surface area contributed by atoms with E-state index < -0.39 is 0 Å². The molecule has 0 saturated carbocycles. The molecule has 0 unspecified atom stereocenters. The van der Waals surface area contributed by atoms with Crippen LogP contribution < -0.4 is 0 Å². The van der Waals surface area contributed by atoms with Crippen molar-refractivity contribution < 1.29 is 4.39 Å². The summed E-state index contributed by atoms with van der Waals surface area (Å²) in [4.78, 5) is 4.66. The monoisotopic (exact) mass is 304 g/mol. The second kappa shape index (κ2) is 7.44. The summed E-state index contributed by atoms with van der Waals surface area (Å²) in [6.45, 7) is 5.62. The highest BCUT2D eigenvalue weighted by Crippen LogP contribution is 2.17. The lowest BCUT2D eigenvalue weighted by Gasteiger charge is -2.21. The Morgan fingerprint density at radius 3 is 2.58 bits per heavy atom. The average molecular weight is 305 g/mol. The molecule has 0 atom stereocenters. The van der Waals surface area contributed by atoms with Crippen LogP contribution in [0.2, 0.25) is 5.02 Å². The quantitative estimate of drug-likeness (QED) is 0.788. The Morgan fingerprint density at radius 1 is 1.11 bits per heavy atom. The molecule has 2 rings (SSSR count). The van der Waals surface area contributed by atoms with Crippen molar-refractivity contribution in [1.82, 2.24) is 9.80 Å². The molecule has 0 radical (unpaired) electrons. The van der Waals surface area contributed by atoms with Crippen LogP contribution in [0.4, 0.5) is 4.39 Å². The first-order valence-electron chi connectivity index (χ1n) is 6.63. The lowest BCUT2D eigenvalue weighted by molar-refractivity contribution is 0.255. The molecule has 1 fully saturated rings. The maximum atomic E-state index is 13.8. The molecule has 1 aromatic carbocycles. The molecule has 0 spiro atoms. The molecule has 5 heteroatoms. The molecule has 0 bridgehead atoms. The van der Waals surface area contributed by atoms with Crippen molar-refractivity contribution in [2.24, 2.45) is 0 Å². The average Bonchev–Trinajstić information content (AvgIpc) is 2.59. The molecule has 1 saturated heterocycles. The van der Waals surface area contributed by atoms with E-state index in [1.54, 1.807) is 12.1 Å². The van der Waals surface area contributed by atoms with Crippen molar-refractivity contribution in [1.29, 1.82) is 0 Å². The second-order valence-electron chi connectivity index (χ2n) is 4.90. The van der Waals surface area contributed by atoms with Crippen LogP contribution in [0.3, 0.4) is 0 Å². The van der Waals surface area contributed by atoms with Gasteiger partial charge in [-0.1, -0.05) is 17.7 Å². The van der Waals surface area contributed by atoms with Gasteiger partial charge >= 0.3 is 0 Å². The SMILES string of the molecule is Fc1cc(Cl)ccc1CN1CCCN(CCCl)CC1. The summed E-state index contributed by atoms with van der Waals surface area (Å²) in [5.74, 6) is 0.459. The summed E-state index contributed by atoms with van der Waals surface area (Å²) in [5.41, 5.74) is 0.718. The van der Waals surface area contributed by atoms with E-state index in [4.69, 9.17) is 23.2 Å². The minimum atomic E-state index is -0.214. The van der Waals surface area contributed by atoms with E-state index in [2.05, 4.69) is 9.80 Å². The molecule has 1 heterocycles. The molecule has 1 aliphatic heterocycles. The highest BCUT2D eigenvalue weighted by molar-refractivity contribution is 6.30. The summed E-state index contributed by atoms with van der Waals surface area (Å²) in [7, 11) is 0. The topological polar surface area (TPSA) is 6.48 Å². The van der Waals surface area contributed by atoms with E-state index in [-0.39, 0.29) is 5.82 Å². The zero-order valence-corrected chi connectivity index (χ0v) is 12.4. The molecule has 0 aromatic heterocycles. The largest absolute Gasteiger partial charge is 0.301 e. The number of rotatable bonds is 4. The third kappa shape index (κ3) is 4.60. The van der Waals surface area contributed by atoms with Gasteiger partial charge in [-0.15, -0.1) is 11.6 Å². The summed E-state index contributed by atoms with van der Waals surface area (Å²) in [6, 6.07) is 4.91. The van der Waals surface area contributed by atoms with Gasteiger partial charge in [-0.2, -0.15) is 0 Å². The molecular formula is C14H19Cl2FN2. The normalized spacial score (nSPS) is 18.5. The number of halogens is 3. The van der Waals surface area contributed by atoms with E-state index in [9.17, 15) is 4.39 Å². The zero-order valence-electron chi connectivity index (χ0n) is 10.9. The Bertz CT molecular complexity index is 414. The van der Waals surface area contributed by atoms with Crippen molar-refractivity contribution in [3.63, 3.8) is 0 Å².